The lowest BCUT2D eigenvalue weighted by atomic mass is 10.3. The Hall–Kier alpha value is -0.0100. The summed E-state index contributed by atoms with van der Waals surface area (Å²) in [6.45, 7) is 3.65. The van der Waals surface area contributed by atoms with Gasteiger partial charge in [0.1, 0.15) is 0 Å². The first-order chi connectivity index (χ1) is 3.27. The van der Waals surface area contributed by atoms with Crippen LogP contribution in [0.2, 0.25) is 0 Å². The lowest BCUT2D eigenvalue weighted by Crippen LogP contribution is -1.79. The molecule has 0 aromatic carbocycles. The number of aliphatic hydroxyl groups excluding tert-OH is 1. The third-order valence-corrected chi connectivity index (χ3v) is 0.795. The second-order valence-electron chi connectivity index (χ2n) is 1.34. The van der Waals surface area contributed by atoms with Gasteiger partial charge in [-0.3, -0.25) is 0 Å². The Labute approximate surface area is 48.6 Å². The van der Waals surface area contributed by atoms with Crippen LogP contribution >= 0.6 is 11.6 Å². The minimum Gasteiger partial charge on any atom is -0.396 e. The van der Waals surface area contributed by atoms with Crippen LogP contribution in [0.5, 0.6) is 0 Å². The fourth-order valence-electron chi connectivity index (χ4n) is 0.271. The van der Waals surface area contributed by atoms with E-state index in [-0.39, 0.29) is 6.61 Å². The quantitative estimate of drug-likeness (QED) is 0.599. The van der Waals surface area contributed by atoms with Gasteiger partial charge in [-0.2, -0.15) is 0 Å². The van der Waals surface area contributed by atoms with Crippen molar-refractivity contribution in [2.45, 2.75) is 12.8 Å². The normalized spacial score (nSPS) is 8.86. The average Bonchev–Trinajstić information content (AvgIpc) is 1.61. The Balaban J connectivity index is 2.82. The minimum absolute atomic E-state index is 0.200. The second-order valence-corrected chi connectivity index (χ2v) is 1.88. The lowest BCUT2D eigenvalue weighted by molar-refractivity contribution is 0.289. The monoisotopic (exact) mass is 120 g/mol. The van der Waals surface area contributed by atoms with E-state index >= 15 is 0 Å². The summed E-state index contributed by atoms with van der Waals surface area (Å²) >= 11 is 5.35. The molecule has 0 amide bonds. The molecule has 0 aliphatic rings. The van der Waals surface area contributed by atoms with Crippen molar-refractivity contribution in [3.05, 3.63) is 11.6 Å². The van der Waals surface area contributed by atoms with Gasteiger partial charge in [0, 0.05) is 11.6 Å². The van der Waals surface area contributed by atoms with Crippen molar-refractivity contribution in [1.29, 1.82) is 0 Å². The zero-order valence-corrected chi connectivity index (χ0v) is 4.91. The number of halogens is 1. The van der Waals surface area contributed by atoms with Crippen molar-refractivity contribution < 1.29 is 5.11 Å². The summed E-state index contributed by atoms with van der Waals surface area (Å²) in [6.07, 6.45) is 1.44. The maximum atomic E-state index is 8.22. The molecule has 0 atom stereocenters. The van der Waals surface area contributed by atoms with Gasteiger partial charge in [0.2, 0.25) is 0 Å². The van der Waals surface area contributed by atoms with Gasteiger partial charge in [-0.15, -0.1) is 0 Å². The summed E-state index contributed by atoms with van der Waals surface area (Å²) in [4.78, 5) is 0. The summed E-state index contributed by atoms with van der Waals surface area (Å²) in [5.74, 6) is 0. The predicted molar refractivity (Wildman–Crippen MR) is 31.3 cm³/mol. The second kappa shape index (κ2) is 4.16. The predicted octanol–water partition coefficient (Wildman–Crippen LogP) is 1.51. The highest BCUT2D eigenvalue weighted by atomic mass is 35.5. The number of hydrogen-bond acceptors (Lipinski definition) is 1. The average molecular weight is 121 g/mol. The van der Waals surface area contributed by atoms with Gasteiger partial charge in [0.15, 0.2) is 0 Å². The maximum absolute atomic E-state index is 8.22. The van der Waals surface area contributed by atoms with E-state index in [1.54, 1.807) is 0 Å². The Morgan fingerprint density at radius 1 is 1.71 bits per heavy atom. The molecular weight excluding hydrogens is 112 g/mol. The van der Waals surface area contributed by atoms with Crippen molar-refractivity contribution in [2.75, 3.05) is 6.61 Å². The van der Waals surface area contributed by atoms with Gasteiger partial charge in [0.25, 0.3) is 0 Å². The molecule has 7 heavy (non-hydrogen) atoms. The van der Waals surface area contributed by atoms with Gasteiger partial charge in [-0.25, -0.2) is 0 Å². The van der Waals surface area contributed by atoms with E-state index in [9.17, 15) is 0 Å². The van der Waals surface area contributed by atoms with Gasteiger partial charge in [-0.05, 0) is 12.8 Å². The van der Waals surface area contributed by atoms with Gasteiger partial charge in [-0.1, -0.05) is 18.2 Å². The molecule has 1 N–H and O–H groups in total. The van der Waals surface area contributed by atoms with E-state index in [1.807, 2.05) is 0 Å². The van der Waals surface area contributed by atoms with E-state index in [0.29, 0.717) is 5.03 Å². The molecule has 1 nitrogen and oxygen atoms in total. The molecule has 0 saturated heterocycles. The van der Waals surface area contributed by atoms with Crippen LogP contribution in [0.25, 0.3) is 0 Å². The van der Waals surface area contributed by atoms with Gasteiger partial charge < -0.3 is 5.11 Å². The summed E-state index contributed by atoms with van der Waals surface area (Å²) in [6, 6.07) is 0. The zero-order valence-electron chi connectivity index (χ0n) is 4.15. The molecule has 42 valence electrons. The molecule has 2 heteroatoms. The van der Waals surface area contributed by atoms with Crippen molar-refractivity contribution in [3.8, 4) is 0 Å². The molecule has 0 heterocycles. The molecule has 0 aromatic heterocycles. The largest absolute Gasteiger partial charge is 0.396 e. The third-order valence-electron chi connectivity index (χ3n) is 0.606. The molecule has 0 unspecified atom stereocenters. The van der Waals surface area contributed by atoms with E-state index in [0.717, 1.165) is 12.8 Å². The highest BCUT2D eigenvalue weighted by Gasteiger charge is 1.84. The van der Waals surface area contributed by atoms with E-state index in [2.05, 4.69) is 6.58 Å². The van der Waals surface area contributed by atoms with Crippen LogP contribution in [0.3, 0.4) is 0 Å². The Bertz CT molecular complexity index is 61.1. The minimum atomic E-state index is 0.200. The van der Waals surface area contributed by atoms with Crippen molar-refractivity contribution in [1.82, 2.24) is 0 Å². The summed E-state index contributed by atoms with van der Waals surface area (Å²) in [7, 11) is 0. The van der Waals surface area contributed by atoms with Gasteiger partial charge in [0.05, 0.1) is 0 Å². The maximum Gasteiger partial charge on any atom is 0.0434 e. The topological polar surface area (TPSA) is 20.2 Å². The smallest absolute Gasteiger partial charge is 0.0434 e. The van der Waals surface area contributed by atoms with Crippen LogP contribution in [0.1, 0.15) is 12.8 Å². The standard InChI is InChI=1S/C5H9ClO/c1-5(6)3-2-4-7/h7H,1-4H2. The molecule has 0 aliphatic carbocycles. The zero-order chi connectivity index (χ0) is 5.70. The van der Waals surface area contributed by atoms with E-state index in [1.165, 1.54) is 0 Å². The highest BCUT2D eigenvalue weighted by Crippen LogP contribution is 2.04. The third kappa shape index (κ3) is 5.99. The first-order valence-electron chi connectivity index (χ1n) is 2.21. The van der Waals surface area contributed by atoms with E-state index in [4.69, 9.17) is 16.7 Å². The lowest BCUT2D eigenvalue weighted by Gasteiger charge is -1.89. The SMILES string of the molecule is C=C(Cl)CCCO. The Kier molecular flexibility index (Phi) is 4.15. The molecule has 0 aliphatic heterocycles. The molecule has 0 saturated carbocycles. The van der Waals surface area contributed by atoms with E-state index < -0.39 is 0 Å². The highest BCUT2D eigenvalue weighted by molar-refractivity contribution is 6.29. The number of rotatable bonds is 3. The molecular formula is C5H9ClO. The van der Waals surface area contributed by atoms with Crippen molar-refractivity contribution in [3.63, 3.8) is 0 Å². The van der Waals surface area contributed by atoms with Crippen molar-refractivity contribution >= 4 is 11.6 Å². The van der Waals surface area contributed by atoms with Gasteiger partial charge >= 0.3 is 0 Å². The first-order valence-corrected chi connectivity index (χ1v) is 2.59. The number of hydrogen-bond donors (Lipinski definition) is 1. The molecule has 0 aromatic rings. The Morgan fingerprint density at radius 2 is 2.29 bits per heavy atom. The molecule has 0 fully saturated rings. The Morgan fingerprint density at radius 3 is 2.43 bits per heavy atom. The fraction of sp³-hybridized carbons (Fsp3) is 0.600. The summed E-state index contributed by atoms with van der Waals surface area (Å²) in [5, 5.41) is 8.83. The van der Waals surface area contributed by atoms with Crippen LogP contribution in [-0.4, -0.2) is 11.7 Å². The molecule has 0 rings (SSSR count). The molecule has 0 bridgehead atoms. The number of aliphatic hydroxyl groups is 1. The van der Waals surface area contributed by atoms with Crippen LogP contribution in [-0.2, 0) is 0 Å². The van der Waals surface area contributed by atoms with Crippen LogP contribution < -0.4 is 0 Å². The summed E-state index contributed by atoms with van der Waals surface area (Å²) < 4.78 is 0. The van der Waals surface area contributed by atoms with Crippen LogP contribution in [0, 0.1) is 0 Å². The fourth-order valence-corrected chi connectivity index (χ4v) is 0.405. The molecule has 0 spiro atoms. The summed E-state index contributed by atoms with van der Waals surface area (Å²) in [5.41, 5.74) is 0. The van der Waals surface area contributed by atoms with Crippen LogP contribution in [0.4, 0.5) is 0 Å². The van der Waals surface area contributed by atoms with Crippen LogP contribution in [0.15, 0.2) is 11.6 Å². The number of allylic oxidation sites excluding steroid dienone is 1. The molecule has 0 radical (unpaired) electrons. The first kappa shape index (κ1) is 6.99. The van der Waals surface area contributed by atoms with Crippen molar-refractivity contribution in [2.24, 2.45) is 0 Å².